The number of para-hydroxylation sites is 1. The molecule has 23 heavy (non-hydrogen) atoms. The van der Waals surface area contributed by atoms with Crippen molar-refractivity contribution in [2.75, 3.05) is 10.0 Å². The highest BCUT2D eigenvalue weighted by Crippen LogP contribution is 2.39. The van der Waals surface area contributed by atoms with Gasteiger partial charge in [-0.2, -0.15) is 0 Å². The fourth-order valence-electron chi connectivity index (χ4n) is 2.72. The van der Waals surface area contributed by atoms with Crippen LogP contribution in [-0.2, 0) is 0 Å². The van der Waals surface area contributed by atoms with Crippen LogP contribution in [0.1, 0.15) is 12.5 Å². The highest BCUT2D eigenvalue weighted by molar-refractivity contribution is 6.30. The summed E-state index contributed by atoms with van der Waals surface area (Å²) < 4.78 is 0. The van der Waals surface area contributed by atoms with Crippen LogP contribution in [0, 0.1) is 0 Å². The van der Waals surface area contributed by atoms with Crippen LogP contribution in [0.5, 0.6) is 0 Å². The van der Waals surface area contributed by atoms with Gasteiger partial charge in [-0.1, -0.05) is 29.8 Å². The molecule has 0 saturated heterocycles. The maximum absolute atomic E-state index is 10.5. The highest BCUT2D eigenvalue weighted by atomic mass is 35.5. The third-order valence-electron chi connectivity index (χ3n) is 3.82. The van der Waals surface area contributed by atoms with Crippen molar-refractivity contribution >= 4 is 28.5 Å². The monoisotopic (exact) mass is 328 g/mol. The van der Waals surface area contributed by atoms with Gasteiger partial charge in [0.1, 0.15) is 5.70 Å². The van der Waals surface area contributed by atoms with Crippen LogP contribution < -0.4 is 15.6 Å². The minimum Gasteiger partial charge on any atom is -0.492 e. The summed E-state index contributed by atoms with van der Waals surface area (Å²) in [6.45, 7) is 2.03. The first kappa shape index (κ1) is 15.4. The maximum Gasteiger partial charge on any atom is 0.235 e. The van der Waals surface area contributed by atoms with Gasteiger partial charge in [-0.05, 0) is 54.4 Å². The number of hydrogen-bond acceptors (Lipinski definition) is 3. The van der Waals surface area contributed by atoms with Crippen LogP contribution in [0.15, 0.2) is 66.2 Å². The molecule has 0 atom stereocenters. The van der Waals surface area contributed by atoms with E-state index in [0.29, 0.717) is 10.7 Å². The van der Waals surface area contributed by atoms with Crippen molar-refractivity contribution < 1.29 is 10.6 Å². The first-order valence-electron chi connectivity index (χ1n) is 6.93. The molecular formula is C17H15ClN3O2. The van der Waals surface area contributed by atoms with Crippen molar-refractivity contribution in [3.63, 3.8) is 0 Å². The normalized spacial score (nSPS) is 15.8. The number of aliphatic hydroxyl groups is 1. The topological polar surface area (TPSA) is 72.3 Å². The molecule has 2 aromatic carbocycles. The SMILES string of the molecule is CC1=CC2=C(O)N(c3ccc(Cl)cc3)[N]N2c2ccccc21.O. The second-order valence-corrected chi connectivity index (χ2v) is 5.68. The summed E-state index contributed by atoms with van der Waals surface area (Å²) >= 11 is 5.92. The third-order valence-corrected chi connectivity index (χ3v) is 4.07. The number of hydrogen-bond donors (Lipinski definition) is 1. The smallest absolute Gasteiger partial charge is 0.235 e. The van der Waals surface area contributed by atoms with Crippen LogP contribution in [0.3, 0.4) is 0 Å². The van der Waals surface area contributed by atoms with E-state index in [1.54, 1.807) is 17.1 Å². The van der Waals surface area contributed by atoms with Gasteiger partial charge < -0.3 is 10.6 Å². The summed E-state index contributed by atoms with van der Waals surface area (Å²) in [4.78, 5) is 0. The molecule has 1 radical (unpaired) electrons. The molecule has 0 unspecified atom stereocenters. The van der Waals surface area contributed by atoms with E-state index in [9.17, 15) is 5.11 Å². The summed E-state index contributed by atoms with van der Waals surface area (Å²) in [6.07, 6.45) is 1.94. The zero-order chi connectivity index (χ0) is 15.3. The molecule has 2 heterocycles. The Hall–Kier alpha value is -2.47. The Bertz CT molecular complexity index is 815. The Morgan fingerprint density at radius 1 is 1.00 bits per heavy atom. The van der Waals surface area contributed by atoms with Crippen molar-refractivity contribution in [2.45, 2.75) is 6.92 Å². The van der Waals surface area contributed by atoms with Crippen molar-refractivity contribution in [1.29, 1.82) is 0 Å². The average molecular weight is 329 g/mol. The molecule has 117 valence electrons. The van der Waals surface area contributed by atoms with Crippen LogP contribution >= 0.6 is 11.6 Å². The van der Waals surface area contributed by atoms with Gasteiger partial charge in [-0.15, -0.1) is 0 Å². The standard InChI is InChI=1S/C17H13ClN3O.H2O/c1-11-10-16-17(22)20(13-8-6-12(18)7-9-13)19-21(16)15-5-3-2-4-14(11)15;/h2-10,22H,1H3;1H2. The fourth-order valence-corrected chi connectivity index (χ4v) is 2.84. The molecule has 2 aromatic rings. The van der Waals surface area contributed by atoms with Gasteiger partial charge >= 0.3 is 0 Å². The summed E-state index contributed by atoms with van der Waals surface area (Å²) in [5.74, 6) is 0.108. The van der Waals surface area contributed by atoms with Gasteiger partial charge in [-0.3, -0.25) is 0 Å². The number of anilines is 2. The summed E-state index contributed by atoms with van der Waals surface area (Å²) in [5.41, 5.74) is 9.12. The molecule has 0 aliphatic carbocycles. The lowest BCUT2D eigenvalue weighted by Gasteiger charge is -2.26. The van der Waals surface area contributed by atoms with Gasteiger partial charge in [0.2, 0.25) is 5.88 Å². The lowest BCUT2D eigenvalue weighted by Crippen LogP contribution is -2.35. The molecular weight excluding hydrogens is 314 g/mol. The Kier molecular flexibility index (Phi) is 3.77. The minimum atomic E-state index is 0. The van der Waals surface area contributed by atoms with Crippen molar-refractivity contribution in [1.82, 2.24) is 5.53 Å². The molecule has 0 amide bonds. The van der Waals surface area contributed by atoms with Crippen molar-refractivity contribution in [3.05, 3.63) is 76.8 Å². The Morgan fingerprint density at radius 2 is 1.70 bits per heavy atom. The highest BCUT2D eigenvalue weighted by Gasteiger charge is 2.35. The van der Waals surface area contributed by atoms with Gasteiger partial charge in [0.25, 0.3) is 0 Å². The summed E-state index contributed by atoms with van der Waals surface area (Å²) in [7, 11) is 0. The van der Waals surface area contributed by atoms with Gasteiger partial charge in [0.15, 0.2) is 0 Å². The number of benzene rings is 2. The fraction of sp³-hybridized carbons (Fsp3) is 0.0588. The molecule has 2 aliphatic rings. The lowest BCUT2D eigenvalue weighted by molar-refractivity contribution is 0.387. The number of allylic oxidation sites excluding steroid dienone is 2. The van der Waals surface area contributed by atoms with E-state index < -0.39 is 0 Å². The van der Waals surface area contributed by atoms with E-state index in [-0.39, 0.29) is 11.4 Å². The van der Waals surface area contributed by atoms with E-state index in [1.165, 1.54) is 5.01 Å². The predicted octanol–water partition coefficient (Wildman–Crippen LogP) is 3.42. The first-order chi connectivity index (χ1) is 10.6. The number of fused-ring (bicyclic) bond motifs is 3. The molecule has 0 fully saturated rings. The Labute approximate surface area is 139 Å². The van der Waals surface area contributed by atoms with E-state index >= 15 is 0 Å². The number of nitrogens with zero attached hydrogens (tertiary/aromatic N) is 3. The van der Waals surface area contributed by atoms with E-state index in [0.717, 1.165) is 22.5 Å². The predicted molar refractivity (Wildman–Crippen MR) is 91.9 cm³/mol. The van der Waals surface area contributed by atoms with E-state index in [2.05, 4.69) is 11.6 Å². The second-order valence-electron chi connectivity index (χ2n) is 5.24. The quantitative estimate of drug-likeness (QED) is 0.871. The Balaban J connectivity index is 0.00000156. The zero-order valence-corrected chi connectivity index (χ0v) is 13.1. The van der Waals surface area contributed by atoms with Crippen LogP contribution in [0.4, 0.5) is 11.4 Å². The summed E-state index contributed by atoms with van der Waals surface area (Å²) in [5, 5.41) is 14.5. The largest absolute Gasteiger partial charge is 0.492 e. The number of halogens is 1. The minimum absolute atomic E-state index is 0. The molecule has 3 N–H and O–H groups in total. The third kappa shape index (κ3) is 2.35. The molecule has 2 aliphatic heterocycles. The van der Waals surface area contributed by atoms with E-state index in [4.69, 9.17) is 11.6 Å². The van der Waals surface area contributed by atoms with Crippen LogP contribution in [-0.4, -0.2) is 10.6 Å². The molecule has 0 spiro atoms. The second kappa shape index (κ2) is 5.62. The maximum atomic E-state index is 10.5. The first-order valence-corrected chi connectivity index (χ1v) is 7.31. The number of rotatable bonds is 1. The van der Waals surface area contributed by atoms with Gasteiger partial charge in [0.05, 0.1) is 11.4 Å². The molecule has 0 saturated carbocycles. The van der Waals surface area contributed by atoms with Crippen molar-refractivity contribution in [2.24, 2.45) is 0 Å². The number of aliphatic hydroxyl groups excluding tert-OH is 1. The van der Waals surface area contributed by atoms with Gasteiger partial charge in [0, 0.05) is 10.6 Å². The molecule has 0 aromatic heterocycles. The van der Waals surface area contributed by atoms with E-state index in [1.807, 2.05) is 43.3 Å². The van der Waals surface area contributed by atoms with Crippen LogP contribution in [0.2, 0.25) is 5.02 Å². The zero-order valence-electron chi connectivity index (χ0n) is 12.4. The molecule has 4 rings (SSSR count). The lowest BCUT2D eigenvalue weighted by atomic mass is 10.0. The van der Waals surface area contributed by atoms with Gasteiger partial charge in [-0.25, -0.2) is 10.0 Å². The molecule has 0 bridgehead atoms. The molecule has 6 heteroatoms. The Morgan fingerprint density at radius 3 is 2.43 bits per heavy atom. The van der Waals surface area contributed by atoms with Crippen molar-refractivity contribution in [3.8, 4) is 0 Å². The average Bonchev–Trinajstić information content (AvgIpc) is 2.86. The van der Waals surface area contributed by atoms with Crippen LogP contribution in [0.25, 0.3) is 5.57 Å². The molecule has 5 nitrogen and oxygen atoms in total. The summed E-state index contributed by atoms with van der Waals surface area (Å²) in [6, 6.07) is 15.2.